The second kappa shape index (κ2) is 3.29. The summed E-state index contributed by atoms with van der Waals surface area (Å²) in [6.45, 7) is 2.31. The van der Waals surface area contributed by atoms with Crippen LogP contribution in [0.5, 0.6) is 0 Å². The molecule has 1 fully saturated rings. The van der Waals surface area contributed by atoms with Crippen molar-refractivity contribution in [3.05, 3.63) is 5.82 Å². The van der Waals surface area contributed by atoms with Crippen LogP contribution in [0.1, 0.15) is 25.6 Å². The van der Waals surface area contributed by atoms with Gasteiger partial charge < -0.3 is 9.84 Å². The molecule has 14 heavy (non-hydrogen) atoms. The zero-order chi connectivity index (χ0) is 10.2. The number of aromatic nitrogens is 4. The maximum atomic E-state index is 10.2. The molecule has 2 rings (SSSR count). The summed E-state index contributed by atoms with van der Waals surface area (Å²) in [5.74, 6) is 0.480. The quantitative estimate of drug-likeness (QED) is 0.699. The van der Waals surface area contributed by atoms with Crippen molar-refractivity contribution in [3.8, 4) is 0 Å². The van der Waals surface area contributed by atoms with Crippen LogP contribution in [0.25, 0.3) is 0 Å². The molecule has 2 unspecified atom stereocenters. The van der Waals surface area contributed by atoms with E-state index in [9.17, 15) is 5.11 Å². The molecule has 0 spiro atoms. The molecular formula is C8H14N4O2. The van der Waals surface area contributed by atoms with E-state index in [4.69, 9.17) is 4.74 Å². The lowest BCUT2D eigenvalue weighted by Crippen LogP contribution is -2.30. The van der Waals surface area contributed by atoms with Crippen molar-refractivity contribution >= 4 is 0 Å². The second-order valence-electron chi connectivity index (χ2n) is 3.70. The first-order valence-corrected chi connectivity index (χ1v) is 4.72. The molecule has 1 aromatic rings. The van der Waals surface area contributed by atoms with E-state index < -0.39 is 5.60 Å². The highest BCUT2D eigenvalue weighted by Crippen LogP contribution is 2.33. The fraction of sp³-hybridized carbons (Fsp3) is 0.875. The van der Waals surface area contributed by atoms with Gasteiger partial charge in [-0.05, 0) is 16.8 Å². The van der Waals surface area contributed by atoms with Crippen molar-refractivity contribution in [3.63, 3.8) is 0 Å². The number of nitrogens with zero attached hydrogens (tertiary/aromatic N) is 4. The maximum absolute atomic E-state index is 10.2. The van der Waals surface area contributed by atoms with E-state index in [-0.39, 0.29) is 12.7 Å². The molecule has 1 aliphatic heterocycles. The first kappa shape index (κ1) is 9.54. The van der Waals surface area contributed by atoms with Crippen molar-refractivity contribution in [1.82, 2.24) is 20.2 Å². The lowest BCUT2D eigenvalue weighted by molar-refractivity contribution is 0.00820. The maximum Gasteiger partial charge on any atom is 0.185 e. The summed E-state index contributed by atoms with van der Waals surface area (Å²) in [5.41, 5.74) is -1.01. The number of hydrogen-bond acceptors (Lipinski definition) is 5. The fourth-order valence-electron chi connectivity index (χ4n) is 1.79. The summed E-state index contributed by atoms with van der Waals surface area (Å²) in [6, 6.07) is 0. The average Bonchev–Trinajstić information content (AvgIpc) is 2.73. The third kappa shape index (κ3) is 1.40. The molecule has 2 atom stereocenters. The van der Waals surface area contributed by atoms with Crippen molar-refractivity contribution in [2.45, 2.75) is 31.5 Å². The fourth-order valence-corrected chi connectivity index (χ4v) is 1.79. The van der Waals surface area contributed by atoms with Gasteiger partial charge in [-0.3, -0.25) is 0 Å². The summed E-state index contributed by atoms with van der Waals surface area (Å²) in [6.07, 6.45) is 1.57. The topological polar surface area (TPSA) is 73.1 Å². The SMILES string of the molecule is CCC1CC(O)(c2nnnn2C)CO1. The largest absolute Gasteiger partial charge is 0.379 e. The van der Waals surface area contributed by atoms with E-state index in [0.29, 0.717) is 12.2 Å². The van der Waals surface area contributed by atoms with E-state index >= 15 is 0 Å². The molecule has 0 aromatic carbocycles. The Bertz CT molecular complexity index is 327. The summed E-state index contributed by atoms with van der Waals surface area (Å²) >= 11 is 0. The number of aryl methyl sites for hydroxylation is 1. The Kier molecular flexibility index (Phi) is 2.24. The van der Waals surface area contributed by atoms with E-state index in [0.717, 1.165) is 6.42 Å². The molecule has 78 valence electrons. The molecule has 0 saturated carbocycles. The minimum atomic E-state index is -1.01. The molecule has 1 N–H and O–H groups in total. The van der Waals surface area contributed by atoms with Gasteiger partial charge >= 0.3 is 0 Å². The second-order valence-corrected chi connectivity index (χ2v) is 3.70. The van der Waals surface area contributed by atoms with Crippen molar-refractivity contribution in [1.29, 1.82) is 0 Å². The van der Waals surface area contributed by atoms with Gasteiger partial charge in [-0.1, -0.05) is 6.92 Å². The molecule has 6 heteroatoms. The van der Waals surface area contributed by atoms with Crippen LogP contribution in [0.4, 0.5) is 0 Å². The lowest BCUT2D eigenvalue weighted by Gasteiger charge is -2.17. The Balaban J connectivity index is 2.22. The summed E-state index contributed by atoms with van der Waals surface area (Å²) < 4.78 is 6.93. The number of aliphatic hydroxyl groups is 1. The highest BCUT2D eigenvalue weighted by atomic mass is 16.5. The lowest BCUT2D eigenvalue weighted by atomic mass is 9.98. The Hall–Kier alpha value is -1.01. The molecule has 2 heterocycles. The highest BCUT2D eigenvalue weighted by molar-refractivity contribution is 5.03. The smallest absolute Gasteiger partial charge is 0.185 e. The molecule has 1 aliphatic rings. The Morgan fingerprint density at radius 2 is 2.50 bits per heavy atom. The van der Waals surface area contributed by atoms with Gasteiger partial charge in [0.05, 0.1) is 12.7 Å². The standard InChI is InChI=1S/C8H14N4O2/c1-3-6-4-8(13,5-14-6)7-9-10-11-12(7)2/h6,13H,3-5H2,1-2H3. The minimum Gasteiger partial charge on any atom is -0.379 e. The normalized spacial score (nSPS) is 32.4. The Labute approximate surface area is 81.9 Å². The van der Waals surface area contributed by atoms with Gasteiger partial charge in [-0.15, -0.1) is 5.10 Å². The minimum absolute atomic E-state index is 0.108. The van der Waals surface area contributed by atoms with Gasteiger partial charge in [0.15, 0.2) is 11.4 Å². The molecule has 0 amide bonds. The number of ether oxygens (including phenoxy) is 1. The molecule has 6 nitrogen and oxygen atoms in total. The van der Waals surface area contributed by atoms with Gasteiger partial charge in [0, 0.05) is 13.5 Å². The number of tetrazole rings is 1. The van der Waals surface area contributed by atoms with Crippen LogP contribution >= 0.6 is 0 Å². The van der Waals surface area contributed by atoms with Gasteiger partial charge in [0.2, 0.25) is 0 Å². The van der Waals surface area contributed by atoms with Crippen LogP contribution in [0.3, 0.4) is 0 Å². The zero-order valence-electron chi connectivity index (χ0n) is 8.34. The third-order valence-corrected chi connectivity index (χ3v) is 2.61. The van der Waals surface area contributed by atoms with Gasteiger partial charge in [-0.2, -0.15) is 0 Å². The van der Waals surface area contributed by atoms with Crippen molar-refractivity contribution in [2.75, 3.05) is 6.61 Å². The van der Waals surface area contributed by atoms with Crippen LogP contribution in [0.2, 0.25) is 0 Å². The Morgan fingerprint density at radius 1 is 1.71 bits per heavy atom. The van der Waals surface area contributed by atoms with Crippen LogP contribution in [0.15, 0.2) is 0 Å². The van der Waals surface area contributed by atoms with Crippen LogP contribution < -0.4 is 0 Å². The number of hydrogen-bond donors (Lipinski definition) is 1. The number of rotatable bonds is 2. The summed E-state index contributed by atoms with van der Waals surface area (Å²) in [5, 5.41) is 21.3. The van der Waals surface area contributed by atoms with Crippen LogP contribution in [-0.2, 0) is 17.4 Å². The predicted molar refractivity (Wildman–Crippen MR) is 47.3 cm³/mol. The Morgan fingerprint density at radius 3 is 3.00 bits per heavy atom. The molecular weight excluding hydrogens is 184 g/mol. The zero-order valence-corrected chi connectivity index (χ0v) is 8.34. The molecule has 1 aromatic heterocycles. The van der Waals surface area contributed by atoms with Crippen LogP contribution in [-0.4, -0.2) is 38.0 Å². The predicted octanol–water partition coefficient (Wildman–Crippen LogP) is -0.403. The van der Waals surface area contributed by atoms with E-state index in [1.807, 2.05) is 6.92 Å². The van der Waals surface area contributed by atoms with Gasteiger partial charge in [0.25, 0.3) is 0 Å². The van der Waals surface area contributed by atoms with E-state index in [1.54, 1.807) is 7.05 Å². The van der Waals surface area contributed by atoms with E-state index in [1.165, 1.54) is 4.68 Å². The first-order chi connectivity index (χ1) is 6.65. The van der Waals surface area contributed by atoms with Crippen LogP contribution in [0, 0.1) is 0 Å². The van der Waals surface area contributed by atoms with Crippen molar-refractivity contribution in [2.24, 2.45) is 7.05 Å². The summed E-state index contributed by atoms with van der Waals surface area (Å²) in [4.78, 5) is 0. The molecule has 0 aliphatic carbocycles. The monoisotopic (exact) mass is 198 g/mol. The summed E-state index contributed by atoms with van der Waals surface area (Å²) in [7, 11) is 1.71. The van der Waals surface area contributed by atoms with Gasteiger partial charge in [-0.25, -0.2) is 4.68 Å². The third-order valence-electron chi connectivity index (χ3n) is 2.61. The van der Waals surface area contributed by atoms with E-state index in [2.05, 4.69) is 15.5 Å². The molecule has 0 radical (unpaired) electrons. The highest BCUT2D eigenvalue weighted by Gasteiger charge is 2.43. The first-order valence-electron chi connectivity index (χ1n) is 4.72. The van der Waals surface area contributed by atoms with Crippen molar-refractivity contribution < 1.29 is 9.84 Å². The molecule has 1 saturated heterocycles. The van der Waals surface area contributed by atoms with Gasteiger partial charge in [0.1, 0.15) is 0 Å². The molecule has 0 bridgehead atoms. The average molecular weight is 198 g/mol.